The molecule has 32 heavy (non-hydrogen) atoms. The molecular formula is C24H27N3O4S. The Bertz CT molecular complexity index is 1030. The third-order valence-electron chi connectivity index (χ3n) is 4.60. The normalized spacial score (nSPS) is 14.7. The molecule has 168 valence electrons. The average molecular weight is 454 g/mol. The molecule has 0 aromatic heterocycles. The predicted octanol–water partition coefficient (Wildman–Crippen LogP) is 3.95. The fraction of sp³-hybridized carbons (Fsp3) is 0.292. The van der Waals surface area contributed by atoms with Crippen LogP contribution in [0.1, 0.15) is 19.4 Å². The molecule has 1 N–H and O–H groups in total. The Morgan fingerprint density at radius 1 is 1.12 bits per heavy atom. The van der Waals surface area contributed by atoms with Crippen LogP contribution in [0.15, 0.2) is 59.2 Å². The van der Waals surface area contributed by atoms with Crippen LogP contribution in [0.3, 0.4) is 0 Å². The number of amides is 2. The van der Waals surface area contributed by atoms with Crippen molar-refractivity contribution in [3.63, 3.8) is 0 Å². The Morgan fingerprint density at radius 2 is 1.84 bits per heavy atom. The van der Waals surface area contributed by atoms with Crippen LogP contribution in [0, 0.1) is 5.92 Å². The van der Waals surface area contributed by atoms with E-state index in [1.165, 1.54) is 16.7 Å². The Balaban J connectivity index is 1.87. The summed E-state index contributed by atoms with van der Waals surface area (Å²) in [6.07, 6.45) is 1.72. The van der Waals surface area contributed by atoms with Crippen LogP contribution in [-0.4, -0.2) is 43.5 Å². The van der Waals surface area contributed by atoms with E-state index in [1.54, 1.807) is 26.4 Å². The highest BCUT2D eigenvalue weighted by Gasteiger charge is 2.32. The molecule has 7 nitrogen and oxygen atoms in total. The van der Waals surface area contributed by atoms with Crippen molar-refractivity contribution in [2.45, 2.75) is 13.8 Å². The number of hydrogen-bond donors (Lipinski definition) is 1. The average Bonchev–Trinajstić information content (AvgIpc) is 3.11. The molecule has 2 amide bonds. The van der Waals surface area contributed by atoms with Gasteiger partial charge in [0.2, 0.25) is 5.91 Å². The van der Waals surface area contributed by atoms with Crippen molar-refractivity contribution in [1.29, 1.82) is 0 Å². The van der Waals surface area contributed by atoms with Crippen LogP contribution in [0.25, 0.3) is 6.08 Å². The third-order valence-corrected chi connectivity index (χ3v) is 5.54. The van der Waals surface area contributed by atoms with E-state index >= 15 is 0 Å². The molecule has 1 heterocycles. The van der Waals surface area contributed by atoms with E-state index in [-0.39, 0.29) is 17.6 Å². The number of hydrogen-bond acceptors (Lipinski definition) is 6. The number of benzene rings is 2. The summed E-state index contributed by atoms with van der Waals surface area (Å²) in [5.74, 6) is 1.52. The van der Waals surface area contributed by atoms with Gasteiger partial charge < -0.3 is 14.8 Å². The van der Waals surface area contributed by atoms with E-state index in [0.717, 1.165) is 11.3 Å². The molecule has 0 spiro atoms. The maximum Gasteiger partial charge on any atom is 0.283 e. The van der Waals surface area contributed by atoms with Crippen molar-refractivity contribution in [3.8, 4) is 11.5 Å². The molecule has 2 aromatic carbocycles. The van der Waals surface area contributed by atoms with Crippen molar-refractivity contribution in [2.24, 2.45) is 10.9 Å². The lowest BCUT2D eigenvalue weighted by Gasteiger charge is -2.18. The van der Waals surface area contributed by atoms with Crippen LogP contribution in [0.2, 0.25) is 0 Å². The zero-order valence-electron chi connectivity index (χ0n) is 18.6. The highest BCUT2D eigenvalue weighted by atomic mass is 32.2. The van der Waals surface area contributed by atoms with Gasteiger partial charge in [-0.15, -0.1) is 0 Å². The largest absolute Gasteiger partial charge is 0.497 e. The first kappa shape index (κ1) is 23.4. The maximum atomic E-state index is 13.3. The smallest absolute Gasteiger partial charge is 0.283 e. The summed E-state index contributed by atoms with van der Waals surface area (Å²) < 4.78 is 10.5. The zero-order valence-corrected chi connectivity index (χ0v) is 19.4. The molecule has 0 fully saturated rings. The van der Waals surface area contributed by atoms with Crippen molar-refractivity contribution < 1.29 is 19.1 Å². The molecule has 0 radical (unpaired) electrons. The number of methoxy groups -OCH3 is 2. The summed E-state index contributed by atoms with van der Waals surface area (Å²) in [7, 11) is 3.17. The zero-order chi connectivity index (χ0) is 23.1. The number of amidine groups is 1. The van der Waals surface area contributed by atoms with E-state index in [4.69, 9.17) is 9.47 Å². The van der Waals surface area contributed by atoms with Gasteiger partial charge in [-0.3, -0.25) is 14.5 Å². The number of anilines is 1. The number of nitrogens with zero attached hydrogens (tertiary/aromatic N) is 2. The van der Waals surface area contributed by atoms with Gasteiger partial charge in [-0.05, 0) is 41.8 Å². The summed E-state index contributed by atoms with van der Waals surface area (Å²) in [4.78, 5) is 31.6. The Hall–Kier alpha value is -3.26. The van der Waals surface area contributed by atoms with Crippen molar-refractivity contribution in [3.05, 3.63) is 59.8 Å². The quantitative estimate of drug-likeness (QED) is 0.612. The van der Waals surface area contributed by atoms with E-state index in [0.29, 0.717) is 34.8 Å². The van der Waals surface area contributed by atoms with E-state index in [9.17, 15) is 9.59 Å². The Kier molecular flexibility index (Phi) is 7.94. The fourth-order valence-electron chi connectivity index (χ4n) is 2.93. The summed E-state index contributed by atoms with van der Waals surface area (Å²) in [5, 5.41) is 3.33. The van der Waals surface area contributed by atoms with Gasteiger partial charge in [-0.1, -0.05) is 43.8 Å². The van der Waals surface area contributed by atoms with Gasteiger partial charge in [0.15, 0.2) is 5.17 Å². The van der Waals surface area contributed by atoms with Crippen LogP contribution in [0.5, 0.6) is 11.5 Å². The molecule has 0 saturated heterocycles. The first-order valence-electron chi connectivity index (χ1n) is 10.2. The lowest BCUT2D eigenvalue weighted by molar-refractivity contribution is -0.118. The second-order valence-corrected chi connectivity index (χ2v) is 8.47. The van der Waals surface area contributed by atoms with E-state index < -0.39 is 0 Å². The summed E-state index contributed by atoms with van der Waals surface area (Å²) in [6, 6.07) is 14.6. The molecule has 0 bridgehead atoms. The molecular weight excluding hydrogens is 426 g/mol. The van der Waals surface area contributed by atoms with Crippen LogP contribution < -0.4 is 19.7 Å². The SMILES string of the molecule is COc1ccc(/C=C2\N=C(SCC(=O)NCC(C)C)N(c3cccc(OC)c3)C2=O)cc1. The number of carbonyl (C=O) groups excluding carboxylic acids is 2. The first-order chi connectivity index (χ1) is 15.4. The second-order valence-electron chi connectivity index (χ2n) is 7.53. The minimum absolute atomic E-state index is 0.1000. The number of nitrogens with one attached hydrogen (secondary N) is 1. The summed E-state index contributed by atoms with van der Waals surface area (Å²) in [6.45, 7) is 4.68. The van der Waals surface area contributed by atoms with Crippen molar-refractivity contribution in [2.75, 3.05) is 31.4 Å². The van der Waals surface area contributed by atoms with E-state index in [1.807, 2.05) is 56.3 Å². The fourth-order valence-corrected chi connectivity index (χ4v) is 3.77. The minimum Gasteiger partial charge on any atom is -0.497 e. The third kappa shape index (κ3) is 5.91. The number of thioether (sulfide) groups is 1. The Morgan fingerprint density at radius 3 is 2.50 bits per heavy atom. The molecule has 2 aromatic rings. The number of ether oxygens (including phenoxy) is 2. The highest BCUT2D eigenvalue weighted by Crippen LogP contribution is 2.31. The van der Waals surface area contributed by atoms with Crippen LogP contribution >= 0.6 is 11.8 Å². The van der Waals surface area contributed by atoms with Gasteiger partial charge in [-0.2, -0.15) is 0 Å². The van der Waals surface area contributed by atoms with Gasteiger partial charge in [0, 0.05) is 12.6 Å². The first-order valence-corrected chi connectivity index (χ1v) is 11.2. The van der Waals surface area contributed by atoms with Crippen molar-refractivity contribution in [1.82, 2.24) is 5.32 Å². The highest BCUT2D eigenvalue weighted by molar-refractivity contribution is 8.14. The monoisotopic (exact) mass is 453 g/mol. The van der Waals surface area contributed by atoms with Crippen LogP contribution in [-0.2, 0) is 9.59 Å². The van der Waals surface area contributed by atoms with Crippen molar-refractivity contribution >= 4 is 40.5 Å². The number of carbonyl (C=O) groups is 2. The lowest BCUT2D eigenvalue weighted by Crippen LogP contribution is -2.33. The Labute approximate surface area is 192 Å². The van der Waals surface area contributed by atoms with Gasteiger partial charge in [0.25, 0.3) is 5.91 Å². The van der Waals surface area contributed by atoms with Gasteiger partial charge >= 0.3 is 0 Å². The van der Waals surface area contributed by atoms with E-state index in [2.05, 4.69) is 10.3 Å². The van der Waals surface area contributed by atoms with Gasteiger partial charge in [-0.25, -0.2) is 4.99 Å². The topological polar surface area (TPSA) is 80.2 Å². The summed E-state index contributed by atoms with van der Waals surface area (Å²) >= 11 is 1.23. The maximum absolute atomic E-state index is 13.3. The standard InChI is InChI=1S/C24H27N3O4S/c1-16(2)14-25-22(28)15-32-24-26-21(12-17-8-10-19(30-3)11-9-17)23(29)27(24)18-6-5-7-20(13-18)31-4/h5-13,16H,14-15H2,1-4H3,(H,25,28)/b21-12-. The predicted molar refractivity (Wildman–Crippen MR) is 129 cm³/mol. The lowest BCUT2D eigenvalue weighted by atomic mass is 10.2. The molecule has 0 aliphatic carbocycles. The molecule has 1 aliphatic rings. The molecule has 0 unspecified atom stereocenters. The molecule has 0 saturated carbocycles. The second kappa shape index (κ2) is 10.9. The molecule has 1 aliphatic heterocycles. The van der Waals surface area contributed by atoms with Crippen LogP contribution in [0.4, 0.5) is 5.69 Å². The molecule has 3 rings (SSSR count). The minimum atomic E-state index is -0.265. The number of aliphatic imine (C=N–C) groups is 1. The summed E-state index contributed by atoms with van der Waals surface area (Å²) in [5.41, 5.74) is 1.74. The van der Waals surface area contributed by atoms with Gasteiger partial charge in [0.05, 0.1) is 25.7 Å². The number of rotatable bonds is 8. The van der Waals surface area contributed by atoms with Gasteiger partial charge in [0.1, 0.15) is 17.2 Å². The molecule has 8 heteroatoms. The molecule has 0 atom stereocenters.